The van der Waals surface area contributed by atoms with Gasteiger partial charge in [-0.1, -0.05) is 27.7 Å². The van der Waals surface area contributed by atoms with Gasteiger partial charge in [-0.2, -0.15) is 0 Å². The highest BCUT2D eigenvalue weighted by Gasteiger charge is 2.58. The second-order valence-electron chi connectivity index (χ2n) is 6.17. The van der Waals surface area contributed by atoms with E-state index in [0.29, 0.717) is 17.4 Å². The van der Waals surface area contributed by atoms with Crippen LogP contribution in [0.1, 0.15) is 53.9 Å². The van der Waals surface area contributed by atoms with E-state index in [4.69, 9.17) is 0 Å². The Balaban J connectivity index is 2.21. The van der Waals surface area contributed by atoms with Crippen LogP contribution in [0.2, 0.25) is 0 Å². The second kappa shape index (κ2) is 3.46. The van der Waals surface area contributed by atoms with Crippen LogP contribution in [0.3, 0.4) is 0 Å². The normalized spacial score (nSPS) is 41.6. The number of nitrogens with one attached hydrogen (secondary N) is 1. The fourth-order valence-electron chi connectivity index (χ4n) is 2.75. The Bertz CT molecular complexity index is 313. The molecule has 1 aliphatic carbocycles. The summed E-state index contributed by atoms with van der Waals surface area (Å²) in [5, 5.41) is 3.50. The van der Waals surface area contributed by atoms with Crippen molar-refractivity contribution in [3.05, 3.63) is 0 Å². The zero-order chi connectivity index (χ0) is 12.1. The molecule has 3 heteroatoms. The average molecular weight is 224 g/mol. The summed E-state index contributed by atoms with van der Waals surface area (Å²) in [5.41, 5.74) is -0.0108. The van der Waals surface area contributed by atoms with Crippen molar-refractivity contribution in [3.8, 4) is 0 Å². The molecular weight excluding hydrogens is 200 g/mol. The summed E-state index contributed by atoms with van der Waals surface area (Å²) < 4.78 is 0. The molecule has 0 aromatic heterocycles. The molecule has 2 rings (SSSR count). The molecule has 1 saturated heterocycles. The molecule has 0 bridgehead atoms. The molecule has 3 unspecified atom stereocenters. The predicted octanol–water partition coefficient (Wildman–Crippen LogP) is 2.12. The van der Waals surface area contributed by atoms with Gasteiger partial charge < -0.3 is 4.90 Å². The second-order valence-corrected chi connectivity index (χ2v) is 6.17. The third kappa shape index (κ3) is 1.56. The molecule has 3 atom stereocenters. The number of hydrogen-bond donors (Lipinski definition) is 1. The van der Waals surface area contributed by atoms with Gasteiger partial charge in [0.15, 0.2) is 0 Å². The molecule has 1 N–H and O–H groups in total. The van der Waals surface area contributed by atoms with Crippen LogP contribution in [0, 0.1) is 5.41 Å². The first-order valence-corrected chi connectivity index (χ1v) is 6.46. The van der Waals surface area contributed by atoms with E-state index in [9.17, 15) is 4.79 Å². The summed E-state index contributed by atoms with van der Waals surface area (Å²) in [6.07, 6.45) is 3.25. The fourth-order valence-corrected chi connectivity index (χ4v) is 2.75. The largest absolute Gasteiger partial charge is 0.322 e. The van der Waals surface area contributed by atoms with E-state index in [1.54, 1.807) is 0 Å². The Labute approximate surface area is 98.6 Å². The van der Waals surface area contributed by atoms with Gasteiger partial charge in [-0.3, -0.25) is 10.1 Å². The van der Waals surface area contributed by atoms with Crippen LogP contribution in [-0.2, 0) is 4.79 Å². The van der Waals surface area contributed by atoms with E-state index in [0.717, 1.165) is 19.3 Å². The Hall–Kier alpha value is -0.570. The smallest absolute Gasteiger partial charge is 0.244 e. The molecule has 1 amide bonds. The van der Waals surface area contributed by atoms with Gasteiger partial charge in [-0.05, 0) is 31.6 Å². The Morgan fingerprint density at radius 3 is 2.31 bits per heavy atom. The van der Waals surface area contributed by atoms with Gasteiger partial charge in [0.1, 0.15) is 0 Å². The highest BCUT2D eigenvalue weighted by atomic mass is 16.2. The average Bonchev–Trinajstić information content (AvgIpc) is 2.76. The molecule has 92 valence electrons. The SMILES string of the molecule is CCC1NC(C)(CC)C(=O)N1C1CC1(C)C. The lowest BCUT2D eigenvalue weighted by Crippen LogP contribution is -2.43. The summed E-state index contributed by atoms with van der Waals surface area (Å²) in [6, 6.07) is 0.450. The minimum atomic E-state index is -0.334. The molecular formula is C13H24N2O. The number of amides is 1. The lowest BCUT2D eigenvalue weighted by molar-refractivity contribution is -0.134. The maximum absolute atomic E-state index is 12.5. The lowest BCUT2D eigenvalue weighted by Gasteiger charge is -2.25. The molecule has 2 fully saturated rings. The fraction of sp³-hybridized carbons (Fsp3) is 0.923. The van der Waals surface area contributed by atoms with Crippen LogP contribution in [0.4, 0.5) is 0 Å². The van der Waals surface area contributed by atoms with Gasteiger partial charge in [-0.25, -0.2) is 0 Å². The summed E-state index contributed by atoms with van der Waals surface area (Å²) in [6.45, 7) is 10.8. The molecule has 0 spiro atoms. The van der Waals surface area contributed by atoms with E-state index in [1.807, 2.05) is 6.92 Å². The lowest BCUT2D eigenvalue weighted by atomic mass is 9.99. The third-order valence-electron chi connectivity index (χ3n) is 4.42. The number of hydrogen-bond acceptors (Lipinski definition) is 2. The minimum absolute atomic E-state index is 0.240. The first-order valence-electron chi connectivity index (χ1n) is 6.46. The number of rotatable bonds is 3. The molecule has 1 saturated carbocycles. The van der Waals surface area contributed by atoms with E-state index in [-0.39, 0.29) is 11.7 Å². The van der Waals surface area contributed by atoms with Crippen LogP contribution >= 0.6 is 0 Å². The van der Waals surface area contributed by atoms with Gasteiger partial charge in [0.2, 0.25) is 5.91 Å². The zero-order valence-electron chi connectivity index (χ0n) is 11.1. The Morgan fingerprint density at radius 1 is 1.38 bits per heavy atom. The number of carbonyl (C=O) groups is 1. The van der Waals surface area contributed by atoms with Crippen molar-refractivity contribution in [2.75, 3.05) is 0 Å². The van der Waals surface area contributed by atoms with Crippen molar-refractivity contribution < 1.29 is 4.79 Å². The monoisotopic (exact) mass is 224 g/mol. The summed E-state index contributed by atoms with van der Waals surface area (Å²) in [7, 11) is 0. The molecule has 2 aliphatic rings. The zero-order valence-corrected chi connectivity index (χ0v) is 11.1. The number of carbonyl (C=O) groups excluding carboxylic acids is 1. The van der Waals surface area contributed by atoms with E-state index >= 15 is 0 Å². The number of nitrogens with zero attached hydrogens (tertiary/aromatic N) is 1. The topological polar surface area (TPSA) is 32.3 Å². The van der Waals surface area contributed by atoms with Gasteiger partial charge in [0.05, 0.1) is 11.7 Å². The molecule has 0 radical (unpaired) electrons. The van der Waals surface area contributed by atoms with Crippen molar-refractivity contribution in [1.82, 2.24) is 10.2 Å². The Kier molecular flexibility index (Phi) is 2.57. The van der Waals surface area contributed by atoms with Crippen molar-refractivity contribution >= 4 is 5.91 Å². The molecule has 1 aliphatic heterocycles. The molecule has 16 heavy (non-hydrogen) atoms. The van der Waals surface area contributed by atoms with Crippen LogP contribution in [-0.4, -0.2) is 28.6 Å². The van der Waals surface area contributed by atoms with E-state index in [1.165, 1.54) is 0 Å². The summed E-state index contributed by atoms with van der Waals surface area (Å²) >= 11 is 0. The van der Waals surface area contributed by atoms with Gasteiger partial charge in [-0.15, -0.1) is 0 Å². The van der Waals surface area contributed by atoms with Crippen molar-refractivity contribution in [2.24, 2.45) is 5.41 Å². The van der Waals surface area contributed by atoms with Crippen LogP contribution in [0.5, 0.6) is 0 Å². The van der Waals surface area contributed by atoms with Crippen molar-refractivity contribution in [2.45, 2.75) is 71.6 Å². The van der Waals surface area contributed by atoms with Crippen molar-refractivity contribution in [1.29, 1.82) is 0 Å². The van der Waals surface area contributed by atoms with Gasteiger partial charge in [0.25, 0.3) is 0 Å². The minimum Gasteiger partial charge on any atom is -0.322 e. The molecule has 3 nitrogen and oxygen atoms in total. The summed E-state index contributed by atoms with van der Waals surface area (Å²) in [5.74, 6) is 0.303. The van der Waals surface area contributed by atoms with Gasteiger partial charge in [0, 0.05) is 6.04 Å². The summed E-state index contributed by atoms with van der Waals surface area (Å²) in [4.78, 5) is 14.6. The van der Waals surface area contributed by atoms with Gasteiger partial charge >= 0.3 is 0 Å². The first kappa shape index (κ1) is 11.9. The maximum atomic E-state index is 12.5. The first-order chi connectivity index (χ1) is 7.35. The van der Waals surface area contributed by atoms with Crippen molar-refractivity contribution in [3.63, 3.8) is 0 Å². The van der Waals surface area contributed by atoms with Crippen LogP contribution in [0.25, 0.3) is 0 Å². The maximum Gasteiger partial charge on any atom is 0.244 e. The quantitative estimate of drug-likeness (QED) is 0.796. The Morgan fingerprint density at radius 2 is 1.94 bits per heavy atom. The van der Waals surface area contributed by atoms with E-state index < -0.39 is 0 Å². The van der Waals surface area contributed by atoms with Crippen LogP contribution < -0.4 is 5.32 Å². The highest BCUT2D eigenvalue weighted by molar-refractivity contribution is 5.89. The predicted molar refractivity (Wildman–Crippen MR) is 64.9 cm³/mol. The highest BCUT2D eigenvalue weighted by Crippen LogP contribution is 2.51. The van der Waals surface area contributed by atoms with Crippen LogP contribution in [0.15, 0.2) is 0 Å². The standard InChI is InChI=1S/C13H24N2O/c1-6-10-14-13(5,7-2)11(16)15(10)9-8-12(9,3)4/h9-10,14H,6-8H2,1-5H3. The van der Waals surface area contributed by atoms with E-state index in [2.05, 4.69) is 37.9 Å². The molecule has 1 heterocycles. The molecule has 0 aromatic rings. The molecule has 0 aromatic carbocycles. The third-order valence-corrected chi connectivity index (χ3v) is 4.42.